The van der Waals surface area contributed by atoms with Crippen molar-refractivity contribution in [2.75, 3.05) is 11.6 Å². The Morgan fingerprint density at radius 1 is 1.06 bits per heavy atom. The minimum Gasteiger partial charge on any atom is -0.323 e. The molecule has 2 N–H and O–H groups in total. The minimum atomic E-state index is -0.840. The summed E-state index contributed by atoms with van der Waals surface area (Å²) in [6, 6.07) is 18.8. The van der Waals surface area contributed by atoms with Gasteiger partial charge in [-0.25, -0.2) is 4.79 Å². The highest BCUT2D eigenvalue weighted by atomic mass is 16.2. The van der Waals surface area contributed by atoms with E-state index in [1.54, 1.807) is 5.01 Å². The van der Waals surface area contributed by atoms with Gasteiger partial charge in [-0.3, -0.25) is 24.9 Å². The molecule has 31 heavy (non-hydrogen) atoms. The number of para-hydroxylation sites is 1. The van der Waals surface area contributed by atoms with Crippen LogP contribution < -0.4 is 15.8 Å². The second-order valence-electron chi connectivity index (χ2n) is 8.53. The number of hydrazine groups is 1. The first-order valence-electron chi connectivity index (χ1n) is 10.8. The summed E-state index contributed by atoms with van der Waals surface area (Å²) in [7, 11) is 0. The molecule has 7 nitrogen and oxygen atoms in total. The molecule has 1 heterocycles. The maximum atomic E-state index is 13.0. The van der Waals surface area contributed by atoms with Gasteiger partial charge in [-0.05, 0) is 49.3 Å². The predicted molar refractivity (Wildman–Crippen MR) is 118 cm³/mol. The van der Waals surface area contributed by atoms with Crippen molar-refractivity contribution < 1.29 is 14.4 Å². The number of hydrogen-bond donors (Lipinski definition) is 2. The second-order valence-corrected chi connectivity index (χ2v) is 8.53. The van der Waals surface area contributed by atoms with E-state index in [0.717, 1.165) is 29.0 Å². The number of anilines is 1. The Morgan fingerprint density at radius 3 is 2.32 bits per heavy atom. The van der Waals surface area contributed by atoms with Crippen molar-refractivity contribution >= 4 is 23.5 Å². The van der Waals surface area contributed by atoms with Crippen LogP contribution in [0.4, 0.5) is 10.5 Å². The van der Waals surface area contributed by atoms with E-state index in [1.807, 2.05) is 60.7 Å². The number of carbonyl (C=O) groups excluding carboxylic acids is 3. The highest BCUT2D eigenvalue weighted by molar-refractivity contribution is 6.09. The van der Waals surface area contributed by atoms with Gasteiger partial charge in [0.25, 0.3) is 11.8 Å². The van der Waals surface area contributed by atoms with Crippen molar-refractivity contribution in [3.05, 3.63) is 66.2 Å². The third kappa shape index (κ3) is 4.55. The van der Waals surface area contributed by atoms with Gasteiger partial charge in [-0.2, -0.15) is 0 Å². The molecule has 1 spiro atoms. The zero-order chi connectivity index (χ0) is 21.8. The summed E-state index contributed by atoms with van der Waals surface area (Å²) in [6.07, 6.45) is 3.04. The standard InChI is InChI=1S/C24H28N4O3/c1-18-12-14-24(15-13-18)22(30)27(23(31)25-24)17-21(29)26-28(20-10-6-3-7-11-20)16-19-8-4-2-5-9-19/h2-11,18H,12-17H2,1H3,(H,25,31)(H,26,29). The number of carbonyl (C=O) groups is 3. The van der Waals surface area contributed by atoms with Crippen LogP contribution in [0.3, 0.4) is 0 Å². The molecule has 162 valence electrons. The molecular weight excluding hydrogens is 392 g/mol. The molecule has 1 saturated heterocycles. The molecule has 0 bridgehead atoms. The van der Waals surface area contributed by atoms with Crippen molar-refractivity contribution in [2.24, 2.45) is 5.92 Å². The number of hydrogen-bond acceptors (Lipinski definition) is 4. The van der Waals surface area contributed by atoms with Crippen LogP contribution in [0.2, 0.25) is 0 Å². The Bertz CT molecular complexity index is 940. The molecule has 0 radical (unpaired) electrons. The molecule has 2 aromatic carbocycles. The van der Waals surface area contributed by atoms with Crippen LogP contribution in [0.15, 0.2) is 60.7 Å². The molecular formula is C24H28N4O3. The summed E-state index contributed by atoms with van der Waals surface area (Å²) in [5, 5.41) is 4.59. The van der Waals surface area contributed by atoms with E-state index < -0.39 is 17.5 Å². The fourth-order valence-corrected chi connectivity index (χ4v) is 4.31. The normalized spacial score (nSPS) is 23.0. The van der Waals surface area contributed by atoms with Crippen LogP contribution >= 0.6 is 0 Å². The first kappa shape index (κ1) is 20.9. The average Bonchev–Trinajstić information content (AvgIpc) is 3.01. The van der Waals surface area contributed by atoms with Gasteiger partial charge < -0.3 is 5.32 Å². The monoisotopic (exact) mass is 420 g/mol. The van der Waals surface area contributed by atoms with Gasteiger partial charge in [-0.1, -0.05) is 55.5 Å². The van der Waals surface area contributed by atoms with Crippen LogP contribution in [-0.2, 0) is 16.1 Å². The van der Waals surface area contributed by atoms with E-state index >= 15 is 0 Å². The third-order valence-corrected chi connectivity index (χ3v) is 6.19. The highest BCUT2D eigenvalue weighted by Gasteiger charge is 2.52. The maximum Gasteiger partial charge on any atom is 0.325 e. The highest BCUT2D eigenvalue weighted by Crippen LogP contribution is 2.36. The van der Waals surface area contributed by atoms with Gasteiger partial charge >= 0.3 is 6.03 Å². The van der Waals surface area contributed by atoms with Crippen LogP contribution in [-0.4, -0.2) is 34.8 Å². The molecule has 0 unspecified atom stereocenters. The quantitative estimate of drug-likeness (QED) is 0.555. The predicted octanol–water partition coefficient (Wildman–Crippen LogP) is 3.23. The van der Waals surface area contributed by atoms with E-state index in [0.29, 0.717) is 25.3 Å². The Labute approximate surface area is 182 Å². The van der Waals surface area contributed by atoms with Gasteiger partial charge in [-0.15, -0.1) is 0 Å². The molecule has 2 aromatic rings. The van der Waals surface area contributed by atoms with Crippen molar-refractivity contribution in [2.45, 2.75) is 44.7 Å². The summed E-state index contributed by atoms with van der Waals surface area (Å²) in [5.74, 6) is -0.150. The largest absolute Gasteiger partial charge is 0.325 e. The molecule has 7 heteroatoms. The molecule has 1 aliphatic heterocycles. The third-order valence-electron chi connectivity index (χ3n) is 6.19. The number of imide groups is 1. The van der Waals surface area contributed by atoms with E-state index in [4.69, 9.17) is 0 Å². The number of rotatable bonds is 6. The van der Waals surface area contributed by atoms with Crippen molar-refractivity contribution in [3.63, 3.8) is 0 Å². The summed E-state index contributed by atoms with van der Waals surface area (Å²) >= 11 is 0. The number of nitrogens with one attached hydrogen (secondary N) is 2. The van der Waals surface area contributed by atoms with Crippen molar-refractivity contribution in [3.8, 4) is 0 Å². The first-order valence-corrected chi connectivity index (χ1v) is 10.8. The van der Waals surface area contributed by atoms with E-state index in [2.05, 4.69) is 17.7 Å². The number of urea groups is 1. The van der Waals surface area contributed by atoms with Gasteiger partial charge in [0.1, 0.15) is 12.1 Å². The number of amides is 4. The Kier molecular flexibility index (Phi) is 5.93. The molecule has 4 rings (SSSR count). The SMILES string of the molecule is CC1CCC2(CC1)NC(=O)N(CC(=O)NN(Cc1ccccc1)c1ccccc1)C2=O. The van der Waals surface area contributed by atoms with Crippen LogP contribution in [0, 0.1) is 5.92 Å². The van der Waals surface area contributed by atoms with Gasteiger partial charge in [0, 0.05) is 0 Å². The van der Waals surface area contributed by atoms with Crippen molar-refractivity contribution in [1.82, 2.24) is 15.6 Å². The molecule has 2 aliphatic rings. The molecule has 4 amide bonds. The van der Waals surface area contributed by atoms with E-state index in [9.17, 15) is 14.4 Å². The van der Waals surface area contributed by atoms with E-state index in [1.165, 1.54) is 0 Å². The maximum absolute atomic E-state index is 13.0. The Morgan fingerprint density at radius 2 is 1.68 bits per heavy atom. The molecule has 0 atom stereocenters. The zero-order valence-corrected chi connectivity index (χ0v) is 17.7. The van der Waals surface area contributed by atoms with Crippen LogP contribution in [0.25, 0.3) is 0 Å². The fourth-order valence-electron chi connectivity index (χ4n) is 4.31. The van der Waals surface area contributed by atoms with Crippen LogP contribution in [0.5, 0.6) is 0 Å². The first-order chi connectivity index (χ1) is 15.0. The lowest BCUT2D eigenvalue weighted by Gasteiger charge is -2.33. The number of nitrogens with zero attached hydrogens (tertiary/aromatic N) is 2. The molecule has 1 aliphatic carbocycles. The van der Waals surface area contributed by atoms with Gasteiger partial charge in [0.05, 0.1) is 12.2 Å². The fraction of sp³-hybridized carbons (Fsp3) is 0.375. The van der Waals surface area contributed by atoms with Gasteiger partial charge in [0.2, 0.25) is 0 Å². The summed E-state index contributed by atoms with van der Waals surface area (Å²) < 4.78 is 0. The summed E-state index contributed by atoms with van der Waals surface area (Å²) in [6.45, 7) is 2.31. The van der Waals surface area contributed by atoms with E-state index in [-0.39, 0.29) is 12.5 Å². The molecule has 2 fully saturated rings. The lowest BCUT2D eigenvalue weighted by Crippen LogP contribution is -2.51. The lowest BCUT2D eigenvalue weighted by atomic mass is 9.77. The van der Waals surface area contributed by atoms with Gasteiger partial charge in [0.15, 0.2) is 0 Å². The zero-order valence-electron chi connectivity index (χ0n) is 17.7. The second kappa shape index (κ2) is 8.79. The average molecular weight is 421 g/mol. The topological polar surface area (TPSA) is 81.8 Å². The number of benzene rings is 2. The molecule has 1 saturated carbocycles. The summed E-state index contributed by atoms with van der Waals surface area (Å²) in [4.78, 5) is 39.5. The van der Waals surface area contributed by atoms with Crippen LogP contribution in [0.1, 0.15) is 38.2 Å². The Balaban J connectivity index is 1.45. The molecule has 0 aromatic heterocycles. The lowest BCUT2D eigenvalue weighted by molar-refractivity contribution is -0.136. The Hall–Kier alpha value is -3.35. The van der Waals surface area contributed by atoms with Crippen molar-refractivity contribution in [1.29, 1.82) is 0 Å². The summed E-state index contributed by atoms with van der Waals surface area (Å²) in [5.41, 5.74) is 3.87. The smallest absolute Gasteiger partial charge is 0.323 e. The minimum absolute atomic E-state index is 0.283.